The van der Waals surface area contributed by atoms with Gasteiger partial charge in [0.15, 0.2) is 0 Å². The summed E-state index contributed by atoms with van der Waals surface area (Å²) in [6.45, 7) is 0. The molecule has 8 heteroatoms. The number of nitrogens with zero attached hydrogens (tertiary/aromatic N) is 1. The van der Waals surface area contributed by atoms with Crippen molar-refractivity contribution in [1.29, 1.82) is 0 Å². The molecular weight excluding hydrogens is 319 g/mol. The highest BCUT2D eigenvalue weighted by atomic mass is 35.5. The van der Waals surface area contributed by atoms with Crippen molar-refractivity contribution in [3.8, 4) is 10.6 Å². The highest BCUT2D eigenvalue weighted by Gasteiger charge is 2.31. The average molecular weight is 326 g/mol. The molecule has 1 atom stereocenters. The number of hydrogen-bond acceptors (Lipinski definition) is 3. The van der Waals surface area contributed by atoms with Crippen LogP contribution in [0.2, 0.25) is 5.02 Å². The standard InChI is InChI=1S/C11H7ClF3NOS2/c1-19(17)9-3-2-8(18-9)10-7(12)4-6(5-16-10)11(13,14)15/h2-5H,1H3. The van der Waals surface area contributed by atoms with E-state index in [0.29, 0.717) is 9.09 Å². The number of aromatic nitrogens is 1. The average Bonchev–Trinajstić information content (AvgIpc) is 2.76. The molecular formula is C11H7ClF3NOS2. The topological polar surface area (TPSA) is 30.0 Å². The number of halogens is 4. The van der Waals surface area contributed by atoms with Crippen LogP contribution in [0.4, 0.5) is 13.2 Å². The maximum atomic E-state index is 12.5. The molecule has 2 aromatic heterocycles. The van der Waals surface area contributed by atoms with Gasteiger partial charge in [0, 0.05) is 12.5 Å². The van der Waals surface area contributed by atoms with Gasteiger partial charge in [-0.2, -0.15) is 13.2 Å². The monoisotopic (exact) mass is 325 g/mol. The Morgan fingerprint density at radius 1 is 1.37 bits per heavy atom. The van der Waals surface area contributed by atoms with Crippen LogP contribution in [0.15, 0.2) is 28.6 Å². The van der Waals surface area contributed by atoms with Crippen LogP contribution in [0.25, 0.3) is 10.6 Å². The third-order valence-electron chi connectivity index (χ3n) is 2.27. The molecule has 0 spiro atoms. The second-order valence-corrected chi connectivity index (χ2v) is 6.72. The van der Waals surface area contributed by atoms with E-state index in [4.69, 9.17) is 11.6 Å². The number of alkyl halides is 3. The maximum Gasteiger partial charge on any atom is 0.417 e. The van der Waals surface area contributed by atoms with E-state index in [0.717, 1.165) is 12.3 Å². The van der Waals surface area contributed by atoms with Crippen LogP contribution in [0.1, 0.15) is 5.56 Å². The lowest BCUT2D eigenvalue weighted by molar-refractivity contribution is -0.137. The van der Waals surface area contributed by atoms with Crippen molar-refractivity contribution in [2.45, 2.75) is 10.4 Å². The van der Waals surface area contributed by atoms with E-state index < -0.39 is 22.5 Å². The Labute approximate surface area is 118 Å². The molecule has 2 aromatic rings. The van der Waals surface area contributed by atoms with Gasteiger partial charge >= 0.3 is 6.18 Å². The van der Waals surface area contributed by atoms with E-state index >= 15 is 0 Å². The fourth-order valence-electron chi connectivity index (χ4n) is 1.38. The molecule has 102 valence electrons. The van der Waals surface area contributed by atoms with Crippen molar-refractivity contribution in [2.24, 2.45) is 0 Å². The molecule has 0 saturated carbocycles. The van der Waals surface area contributed by atoms with Gasteiger partial charge in [0.1, 0.15) is 0 Å². The van der Waals surface area contributed by atoms with Gasteiger partial charge in [-0.25, -0.2) is 0 Å². The van der Waals surface area contributed by atoms with Gasteiger partial charge in [-0.3, -0.25) is 9.19 Å². The van der Waals surface area contributed by atoms with Gasteiger partial charge in [0.05, 0.1) is 36.2 Å². The molecule has 0 radical (unpaired) electrons. The van der Waals surface area contributed by atoms with Crippen LogP contribution < -0.4 is 0 Å². The Bertz CT molecular complexity index is 639. The van der Waals surface area contributed by atoms with Gasteiger partial charge in [-0.1, -0.05) is 11.6 Å². The van der Waals surface area contributed by atoms with Gasteiger partial charge in [0.25, 0.3) is 0 Å². The zero-order valence-electron chi connectivity index (χ0n) is 9.49. The van der Waals surface area contributed by atoms with Crippen LogP contribution in [0, 0.1) is 0 Å². The molecule has 0 aliphatic rings. The van der Waals surface area contributed by atoms with Crippen molar-refractivity contribution < 1.29 is 17.4 Å². The first-order valence-electron chi connectivity index (χ1n) is 4.95. The Morgan fingerprint density at radius 3 is 2.53 bits per heavy atom. The lowest BCUT2D eigenvalue weighted by Crippen LogP contribution is -2.05. The van der Waals surface area contributed by atoms with Crippen molar-refractivity contribution in [1.82, 2.24) is 4.98 Å². The minimum atomic E-state index is -4.47. The molecule has 0 aromatic carbocycles. The zero-order valence-corrected chi connectivity index (χ0v) is 11.9. The van der Waals surface area contributed by atoms with Gasteiger partial charge < -0.3 is 0 Å². The number of rotatable bonds is 2. The van der Waals surface area contributed by atoms with Crippen LogP contribution >= 0.6 is 22.9 Å². The van der Waals surface area contributed by atoms with E-state index in [2.05, 4.69) is 4.98 Å². The third kappa shape index (κ3) is 3.16. The summed E-state index contributed by atoms with van der Waals surface area (Å²) in [5, 5.41) is -0.0786. The first-order valence-corrected chi connectivity index (χ1v) is 7.70. The molecule has 0 bridgehead atoms. The molecule has 19 heavy (non-hydrogen) atoms. The minimum absolute atomic E-state index is 0.0786. The molecule has 0 aliphatic carbocycles. The Hall–Kier alpha value is -0.920. The Balaban J connectivity index is 2.43. The first kappa shape index (κ1) is 14.5. The Kier molecular flexibility index (Phi) is 3.98. The lowest BCUT2D eigenvalue weighted by atomic mass is 10.2. The normalized spacial score (nSPS) is 13.5. The van der Waals surface area contributed by atoms with Crippen LogP contribution in [0.3, 0.4) is 0 Å². The SMILES string of the molecule is CS(=O)c1ccc(-c2ncc(C(F)(F)F)cc2Cl)s1. The van der Waals surface area contributed by atoms with E-state index in [1.54, 1.807) is 12.1 Å². The van der Waals surface area contributed by atoms with Crippen molar-refractivity contribution >= 4 is 33.7 Å². The maximum absolute atomic E-state index is 12.5. The summed E-state index contributed by atoms with van der Waals surface area (Å²) >= 11 is 7.02. The number of hydrogen-bond donors (Lipinski definition) is 0. The summed E-state index contributed by atoms with van der Waals surface area (Å²) in [4.78, 5) is 4.33. The fraction of sp³-hybridized carbons (Fsp3) is 0.182. The molecule has 0 amide bonds. The highest BCUT2D eigenvalue weighted by molar-refractivity contribution is 7.86. The van der Waals surface area contributed by atoms with Crippen LogP contribution in [-0.2, 0) is 17.0 Å². The molecule has 2 heterocycles. The van der Waals surface area contributed by atoms with E-state index in [1.807, 2.05) is 0 Å². The fourth-order valence-corrected chi connectivity index (χ4v) is 3.45. The first-order chi connectivity index (χ1) is 8.79. The quantitative estimate of drug-likeness (QED) is 0.827. The van der Waals surface area contributed by atoms with Crippen molar-refractivity contribution in [3.05, 3.63) is 35.0 Å². The lowest BCUT2D eigenvalue weighted by Gasteiger charge is -2.08. The second-order valence-electron chi connectivity index (χ2n) is 3.62. The summed E-state index contributed by atoms with van der Waals surface area (Å²) < 4.78 is 49.3. The highest BCUT2D eigenvalue weighted by Crippen LogP contribution is 2.36. The Morgan fingerprint density at radius 2 is 2.05 bits per heavy atom. The molecule has 0 aliphatic heterocycles. The van der Waals surface area contributed by atoms with E-state index in [9.17, 15) is 17.4 Å². The predicted octanol–water partition coefficient (Wildman–Crippen LogP) is 4.22. The number of thiophene rings is 1. The molecule has 0 N–H and O–H groups in total. The molecule has 2 nitrogen and oxygen atoms in total. The summed E-state index contributed by atoms with van der Waals surface area (Å²) in [5.74, 6) is 0. The summed E-state index contributed by atoms with van der Waals surface area (Å²) in [5.41, 5.74) is -0.631. The van der Waals surface area contributed by atoms with Gasteiger partial charge in [0.2, 0.25) is 0 Å². The number of pyridine rings is 1. The summed E-state index contributed by atoms with van der Waals surface area (Å²) in [7, 11) is -1.14. The molecule has 0 saturated heterocycles. The van der Waals surface area contributed by atoms with E-state index in [-0.39, 0.29) is 10.7 Å². The molecule has 0 fully saturated rings. The predicted molar refractivity (Wildman–Crippen MR) is 69.9 cm³/mol. The van der Waals surface area contributed by atoms with Crippen LogP contribution in [-0.4, -0.2) is 15.4 Å². The summed E-state index contributed by atoms with van der Waals surface area (Å²) in [6.07, 6.45) is -2.21. The third-order valence-corrected chi connectivity index (χ3v) is 5.10. The van der Waals surface area contributed by atoms with Crippen molar-refractivity contribution in [3.63, 3.8) is 0 Å². The summed E-state index contributed by atoms with van der Waals surface area (Å²) in [6, 6.07) is 4.13. The van der Waals surface area contributed by atoms with E-state index in [1.165, 1.54) is 17.6 Å². The largest absolute Gasteiger partial charge is 0.417 e. The van der Waals surface area contributed by atoms with Crippen molar-refractivity contribution in [2.75, 3.05) is 6.26 Å². The molecule has 1 unspecified atom stereocenters. The smallest absolute Gasteiger partial charge is 0.254 e. The zero-order chi connectivity index (χ0) is 14.2. The second kappa shape index (κ2) is 5.22. The van der Waals surface area contributed by atoms with Gasteiger partial charge in [-0.15, -0.1) is 11.3 Å². The van der Waals surface area contributed by atoms with Crippen LogP contribution in [0.5, 0.6) is 0 Å². The minimum Gasteiger partial charge on any atom is -0.254 e. The van der Waals surface area contributed by atoms with Gasteiger partial charge in [-0.05, 0) is 18.2 Å². The molecule has 2 rings (SSSR count).